The number of hydrogen-bond donors (Lipinski definition) is 2. The first-order valence-electron chi connectivity index (χ1n) is 10.7. The van der Waals surface area contributed by atoms with Gasteiger partial charge < -0.3 is 15.2 Å². The van der Waals surface area contributed by atoms with E-state index < -0.39 is 0 Å². The Labute approximate surface area is 205 Å². The summed E-state index contributed by atoms with van der Waals surface area (Å²) in [4.78, 5) is 29.4. The Bertz CT molecular complexity index is 1270. The Hall–Kier alpha value is -3.50. The third-order valence-corrected chi connectivity index (χ3v) is 6.64. The van der Waals surface area contributed by atoms with Crippen LogP contribution in [-0.4, -0.2) is 37.3 Å². The summed E-state index contributed by atoms with van der Waals surface area (Å²) in [5.74, 6) is 0.370. The molecule has 2 aromatic heterocycles. The van der Waals surface area contributed by atoms with Gasteiger partial charge in [0.1, 0.15) is 5.82 Å². The zero-order chi connectivity index (χ0) is 23.9. The number of rotatable bonds is 9. The molecule has 34 heavy (non-hydrogen) atoms. The minimum Gasteiger partial charge on any atom is -0.326 e. The van der Waals surface area contributed by atoms with E-state index in [2.05, 4.69) is 25.8 Å². The number of nitrogens with one attached hydrogen (secondary N) is 2. The van der Waals surface area contributed by atoms with Crippen molar-refractivity contribution < 1.29 is 9.59 Å². The summed E-state index contributed by atoms with van der Waals surface area (Å²) in [6.45, 7) is 4.58. The third-order valence-electron chi connectivity index (χ3n) is 4.92. The van der Waals surface area contributed by atoms with E-state index in [0.717, 1.165) is 16.9 Å². The maximum atomic E-state index is 12.5. The van der Waals surface area contributed by atoms with Crippen molar-refractivity contribution >= 4 is 45.7 Å². The zero-order valence-corrected chi connectivity index (χ0v) is 20.4. The number of aryl methyl sites for hydroxylation is 1. The molecule has 0 spiro atoms. The van der Waals surface area contributed by atoms with Crippen molar-refractivity contribution in [2.24, 2.45) is 0 Å². The van der Waals surface area contributed by atoms with Crippen molar-refractivity contribution in [3.8, 4) is 11.3 Å². The molecule has 8 nitrogen and oxygen atoms in total. The van der Waals surface area contributed by atoms with Gasteiger partial charge in [-0.3, -0.25) is 9.59 Å². The van der Waals surface area contributed by atoms with Crippen LogP contribution in [0.1, 0.15) is 18.3 Å². The van der Waals surface area contributed by atoms with Gasteiger partial charge in [-0.05, 0) is 26.0 Å². The Balaban J connectivity index is 1.32. The van der Waals surface area contributed by atoms with Crippen LogP contribution in [0.4, 0.5) is 10.8 Å². The van der Waals surface area contributed by atoms with Crippen LogP contribution in [0.3, 0.4) is 0 Å². The Morgan fingerprint density at radius 2 is 1.76 bits per heavy atom. The van der Waals surface area contributed by atoms with Crippen molar-refractivity contribution in [1.29, 1.82) is 0 Å². The molecule has 4 rings (SSSR count). The summed E-state index contributed by atoms with van der Waals surface area (Å²) < 4.78 is 1.85. The summed E-state index contributed by atoms with van der Waals surface area (Å²) in [6.07, 6.45) is 0.101. The summed E-state index contributed by atoms with van der Waals surface area (Å²) >= 11 is 2.67. The molecule has 0 fully saturated rings. The molecule has 0 bridgehead atoms. The Morgan fingerprint density at radius 1 is 1.00 bits per heavy atom. The number of thiazole rings is 1. The molecule has 2 amide bonds. The predicted molar refractivity (Wildman–Crippen MR) is 136 cm³/mol. The van der Waals surface area contributed by atoms with Gasteiger partial charge in [-0.2, -0.15) is 0 Å². The first-order chi connectivity index (χ1) is 16.5. The lowest BCUT2D eigenvalue weighted by Gasteiger charge is -2.08. The molecule has 2 aromatic carbocycles. The number of benzene rings is 2. The smallest absolute Gasteiger partial charge is 0.236 e. The molecule has 0 aliphatic rings. The minimum atomic E-state index is -0.177. The third kappa shape index (κ3) is 6.09. The number of nitrogens with zero attached hydrogens (tertiary/aromatic N) is 4. The summed E-state index contributed by atoms with van der Waals surface area (Å²) in [6, 6.07) is 17.4. The molecular weight excluding hydrogens is 468 g/mol. The van der Waals surface area contributed by atoms with Crippen LogP contribution in [0.25, 0.3) is 11.3 Å². The number of amides is 2. The van der Waals surface area contributed by atoms with Crippen molar-refractivity contribution in [3.63, 3.8) is 0 Å². The molecule has 0 aliphatic carbocycles. The average molecular weight is 493 g/mol. The van der Waals surface area contributed by atoms with Crippen molar-refractivity contribution in [2.45, 2.75) is 32.0 Å². The summed E-state index contributed by atoms with van der Waals surface area (Å²) in [7, 11) is 0. The van der Waals surface area contributed by atoms with E-state index in [-0.39, 0.29) is 24.0 Å². The fourth-order valence-electron chi connectivity index (χ4n) is 3.22. The summed E-state index contributed by atoms with van der Waals surface area (Å²) in [5, 5.41) is 17.1. The molecule has 0 radical (unpaired) electrons. The Morgan fingerprint density at radius 3 is 2.50 bits per heavy atom. The minimum absolute atomic E-state index is 0.101. The van der Waals surface area contributed by atoms with Gasteiger partial charge in [0.2, 0.25) is 11.8 Å². The highest BCUT2D eigenvalue weighted by molar-refractivity contribution is 7.99. The van der Waals surface area contributed by atoms with E-state index in [4.69, 9.17) is 0 Å². The molecule has 2 N–H and O–H groups in total. The lowest BCUT2D eigenvalue weighted by atomic mass is 10.1. The normalized spacial score (nSPS) is 10.8. The number of anilines is 2. The molecule has 174 valence electrons. The van der Waals surface area contributed by atoms with E-state index in [1.165, 1.54) is 28.7 Å². The topological polar surface area (TPSA) is 102 Å². The fraction of sp³-hybridized carbons (Fsp3) is 0.208. The molecule has 4 aromatic rings. The molecule has 10 heteroatoms. The maximum absolute atomic E-state index is 12.5. The SMILES string of the molecule is CCn1c(CC(=O)Nc2ccccc2)nnc1SCC(=O)Nc1nc(-c2ccc(C)cc2)cs1. The van der Waals surface area contributed by atoms with Gasteiger partial charge in [0, 0.05) is 23.2 Å². The second-order valence-corrected chi connectivity index (χ2v) is 9.28. The van der Waals surface area contributed by atoms with Crippen LogP contribution in [-0.2, 0) is 22.6 Å². The van der Waals surface area contributed by atoms with Crippen molar-refractivity contribution in [3.05, 3.63) is 71.4 Å². The first kappa shape index (κ1) is 23.7. The quantitative estimate of drug-likeness (QED) is 0.330. The first-order valence-corrected chi connectivity index (χ1v) is 12.6. The zero-order valence-electron chi connectivity index (χ0n) is 18.8. The number of para-hydroxylation sites is 1. The van der Waals surface area contributed by atoms with Crippen LogP contribution in [0.5, 0.6) is 0 Å². The van der Waals surface area contributed by atoms with Crippen LogP contribution < -0.4 is 10.6 Å². The molecule has 0 aliphatic heterocycles. The highest BCUT2D eigenvalue weighted by atomic mass is 32.2. The largest absolute Gasteiger partial charge is 0.326 e. The predicted octanol–water partition coefficient (Wildman–Crippen LogP) is 4.64. The van der Waals surface area contributed by atoms with E-state index in [1.807, 2.05) is 78.4 Å². The monoisotopic (exact) mass is 492 g/mol. The lowest BCUT2D eigenvalue weighted by molar-refractivity contribution is -0.116. The van der Waals surface area contributed by atoms with Crippen molar-refractivity contribution in [1.82, 2.24) is 19.7 Å². The number of carbonyl (C=O) groups excluding carboxylic acids is 2. The van der Waals surface area contributed by atoms with E-state index in [1.54, 1.807) is 0 Å². The van der Waals surface area contributed by atoms with Crippen LogP contribution in [0.15, 0.2) is 65.1 Å². The van der Waals surface area contributed by atoms with Gasteiger partial charge in [-0.1, -0.05) is 59.8 Å². The number of hydrogen-bond acceptors (Lipinski definition) is 7. The van der Waals surface area contributed by atoms with Crippen molar-refractivity contribution in [2.75, 3.05) is 16.4 Å². The van der Waals surface area contributed by atoms with Gasteiger partial charge in [-0.15, -0.1) is 21.5 Å². The fourth-order valence-corrected chi connectivity index (χ4v) is 4.78. The Kier molecular flexibility index (Phi) is 7.71. The molecule has 0 unspecified atom stereocenters. The molecule has 0 atom stereocenters. The van der Waals surface area contributed by atoms with Crippen LogP contribution in [0, 0.1) is 6.92 Å². The highest BCUT2D eigenvalue weighted by Crippen LogP contribution is 2.25. The molecule has 0 saturated heterocycles. The second kappa shape index (κ2) is 11.1. The highest BCUT2D eigenvalue weighted by Gasteiger charge is 2.16. The number of carbonyl (C=O) groups is 2. The average Bonchev–Trinajstić information content (AvgIpc) is 3.45. The van der Waals surface area contributed by atoms with E-state index >= 15 is 0 Å². The van der Waals surface area contributed by atoms with E-state index in [0.29, 0.717) is 22.7 Å². The summed E-state index contributed by atoms with van der Waals surface area (Å²) in [5.41, 5.74) is 3.76. The second-order valence-electron chi connectivity index (χ2n) is 7.47. The van der Waals surface area contributed by atoms with Crippen LogP contribution in [0.2, 0.25) is 0 Å². The van der Waals surface area contributed by atoms with Crippen LogP contribution >= 0.6 is 23.1 Å². The molecule has 2 heterocycles. The van der Waals surface area contributed by atoms with Gasteiger partial charge in [-0.25, -0.2) is 4.98 Å². The van der Waals surface area contributed by atoms with Gasteiger partial charge in [0.05, 0.1) is 17.9 Å². The standard InChI is InChI=1S/C24H24N6O2S2/c1-3-30-20(13-21(31)25-18-7-5-4-6-8-18)28-29-24(30)34-15-22(32)27-23-26-19(14-33-23)17-11-9-16(2)10-12-17/h4-12,14H,3,13,15H2,1-2H3,(H,25,31)(H,26,27,32). The number of aromatic nitrogens is 4. The lowest BCUT2D eigenvalue weighted by Crippen LogP contribution is -2.18. The van der Waals surface area contributed by atoms with E-state index in [9.17, 15) is 9.59 Å². The number of thioether (sulfide) groups is 1. The maximum Gasteiger partial charge on any atom is 0.236 e. The van der Waals surface area contributed by atoms with Gasteiger partial charge in [0.15, 0.2) is 10.3 Å². The van der Waals surface area contributed by atoms with Gasteiger partial charge >= 0.3 is 0 Å². The van der Waals surface area contributed by atoms with Gasteiger partial charge in [0.25, 0.3) is 0 Å². The molecular formula is C24H24N6O2S2. The molecule has 0 saturated carbocycles.